The fraction of sp³-hybridized carbons (Fsp3) is 0.867. The molecule has 122 valence electrons. The minimum atomic E-state index is -0.375. The van der Waals surface area contributed by atoms with Crippen molar-refractivity contribution in [2.45, 2.75) is 51.6 Å². The van der Waals surface area contributed by atoms with Crippen LogP contribution in [0.5, 0.6) is 0 Å². The van der Waals surface area contributed by atoms with Gasteiger partial charge in [0.2, 0.25) is 11.8 Å². The maximum absolute atomic E-state index is 12.3. The molecular weight excluding hydrogens is 272 g/mol. The van der Waals surface area contributed by atoms with Gasteiger partial charge in [-0.2, -0.15) is 0 Å². The van der Waals surface area contributed by atoms with E-state index < -0.39 is 0 Å². The summed E-state index contributed by atoms with van der Waals surface area (Å²) in [4.78, 5) is 25.9. The normalized spacial score (nSPS) is 22.5. The maximum Gasteiger partial charge on any atom is 0.245 e. The Morgan fingerprint density at radius 3 is 2.62 bits per heavy atom. The van der Waals surface area contributed by atoms with Crippen LogP contribution in [0.15, 0.2) is 0 Å². The molecule has 0 saturated carbocycles. The molecule has 1 aliphatic rings. The van der Waals surface area contributed by atoms with Gasteiger partial charge in [0.25, 0.3) is 0 Å². The van der Waals surface area contributed by atoms with Gasteiger partial charge >= 0.3 is 0 Å². The van der Waals surface area contributed by atoms with Gasteiger partial charge < -0.3 is 19.7 Å². The molecule has 0 aliphatic carbocycles. The van der Waals surface area contributed by atoms with E-state index in [9.17, 15) is 9.59 Å². The van der Waals surface area contributed by atoms with Crippen molar-refractivity contribution >= 4 is 11.8 Å². The third kappa shape index (κ3) is 5.63. The Kier molecular flexibility index (Phi) is 8.30. The molecule has 1 saturated heterocycles. The van der Waals surface area contributed by atoms with Crippen LogP contribution in [0.3, 0.4) is 0 Å². The van der Waals surface area contributed by atoms with Crippen LogP contribution in [0, 0.1) is 0 Å². The molecule has 1 heterocycles. The molecule has 0 bridgehead atoms. The number of nitrogens with zero attached hydrogens (tertiary/aromatic N) is 1. The molecule has 0 aromatic heterocycles. The number of carbonyl (C=O) groups is 2. The van der Waals surface area contributed by atoms with Crippen LogP contribution in [-0.4, -0.2) is 62.3 Å². The average molecular weight is 300 g/mol. The van der Waals surface area contributed by atoms with E-state index in [1.54, 1.807) is 18.9 Å². The SMILES string of the molecule is CCCC1NC(=O)C(C)N(CCCCOCCOC)C1=O. The van der Waals surface area contributed by atoms with Crippen LogP contribution >= 0.6 is 0 Å². The van der Waals surface area contributed by atoms with E-state index in [1.807, 2.05) is 6.92 Å². The molecule has 1 aliphatic heterocycles. The minimum Gasteiger partial charge on any atom is -0.382 e. The summed E-state index contributed by atoms with van der Waals surface area (Å²) in [5.74, 6) is -0.00588. The van der Waals surface area contributed by atoms with E-state index in [2.05, 4.69) is 5.32 Å². The van der Waals surface area contributed by atoms with Gasteiger partial charge in [-0.3, -0.25) is 9.59 Å². The monoisotopic (exact) mass is 300 g/mol. The largest absolute Gasteiger partial charge is 0.382 e. The molecule has 0 radical (unpaired) electrons. The van der Waals surface area contributed by atoms with Gasteiger partial charge in [0.05, 0.1) is 13.2 Å². The highest BCUT2D eigenvalue weighted by Gasteiger charge is 2.36. The Bertz CT molecular complexity index is 336. The fourth-order valence-corrected chi connectivity index (χ4v) is 2.41. The van der Waals surface area contributed by atoms with Gasteiger partial charge in [-0.1, -0.05) is 13.3 Å². The van der Waals surface area contributed by atoms with Crippen molar-refractivity contribution in [3.8, 4) is 0 Å². The molecule has 2 atom stereocenters. The molecule has 0 aromatic carbocycles. The molecule has 1 N–H and O–H groups in total. The molecular formula is C15H28N2O4. The number of carbonyl (C=O) groups excluding carboxylic acids is 2. The van der Waals surface area contributed by atoms with E-state index in [0.717, 1.165) is 19.3 Å². The third-order valence-corrected chi connectivity index (χ3v) is 3.69. The number of piperazine rings is 1. The van der Waals surface area contributed by atoms with Gasteiger partial charge in [-0.25, -0.2) is 0 Å². The first-order valence-corrected chi connectivity index (χ1v) is 7.79. The predicted octanol–water partition coefficient (Wildman–Crippen LogP) is 0.945. The highest BCUT2D eigenvalue weighted by molar-refractivity contribution is 5.96. The Hall–Kier alpha value is -1.14. The zero-order valence-electron chi connectivity index (χ0n) is 13.4. The second kappa shape index (κ2) is 9.73. The second-order valence-corrected chi connectivity index (χ2v) is 5.37. The lowest BCUT2D eigenvalue weighted by Gasteiger charge is -2.37. The molecule has 6 heteroatoms. The molecule has 1 rings (SSSR count). The van der Waals surface area contributed by atoms with E-state index in [0.29, 0.717) is 32.8 Å². The number of hydrogen-bond donors (Lipinski definition) is 1. The summed E-state index contributed by atoms with van der Waals surface area (Å²) in [5, 5.41) is 2.80. The molecule has 6 nitrogen and oxygen atoms in total. The highest BCUT2D eigenvalue weighted by Crippen LogP contribution is 2.14. The number of unbranched alkanes of at least 4 members (excludes halogenated alkanes) is 1. The van der Waals surface area contributed by atoms with Crippen molar-refractivity contribution in [2.24, 2.45) is 0 Å². The van der Waals surface area contributed by atoms with Crippen LogP contribution in [0.4, 0.5) is 0 Å². The number of hydrogen-bond acceptors (Lipinski definition) is 4. The Balaban J connectivity index is 2.33. The highest BCUT2D eigenvalue weighted by atomic mass is 16.5. The van der Waals surface area contributed by atoms with Gasteiger partial charge in [0.15, 0.2) is 0 Å². The summed E-state index contributed by atoms with van der Waals surface area (Å²) in [6.07, 6.45) is 3.30. The van der Waals surface area contributed by atoms with Gasteiger partial charge in [0, 0.05) is 20.3 Å². The lowest BCUT2D eigenvalue weighted by Crippen LogP contribution is -2.62. The summed E-state index contributed by atoms with van der Waals surface area (Å²) in [6, 6.07) is -0.725. The van der Waals surface area contributed by atoms with Gasteiger partial charge in [-0.05, 0) is 26.2 Å². The Morgan fingerprint density at radius 1 is 1.19 bits per heavy atom. The van der Waals surface area contributed by atoms with Gasteiger partial charge in [0.1, 0.15) is 12.1 Å². The summed E-state index contributed by atoms with van der Waals surface area (Å²) in [7, 11) is 1.64. The van der Waals surface area contributed by atoms with E-state index in [-0.39, 0.29) is 23.9 Å². The number of nitrogens with one attached hydrogen (secondary N) is 1. The molecule has 2 amide bonds. The second-order valence-electron chi connectivity index (χ2n) is 5.37. The quantitative estimate of drug-likeness (QED) is 0.610. The zero-order chi connectivity index (χ0) is 15.7. The number of methoxy groups -OCH3 is 1. The molecule has 2 unspecified atom stereocenters. The zero-order valence-corrected chi connectivity index (χ0v) is 13.4. The van der Waals surface area contributed by atoms with Crippen molar-refractivity contribution in [1.82, 2.24) is 10.2 Å². The Morgan fingerprint density at radius 2 is 1.95 bits per heavy atom. The van der Waals surface area contributed by atoms with Crippen LogP contribution < -0.4 is 5.32 Å². The summed E-state index contributed by atoms with van der Waals surface area (Å²) in [5.41, 5.74) is 0. The van der Waals surface area contributed by atoms with Crippen LogP contribution in [0.2, 0.25) is 0 Å². The van der Waals surface area contributed by atoms with Crippen molar-refractivity contribution in [1.29, 1.82) is 0 Å². The number of ether oxygens (including phenoxy) is 2. The maximum atomic E-state index is 12.3. The van der Waals surface area contributed by atoms with Gasteiger partial charge in [-0.15, -0.1) is 0 Å². The van der Waals surface area contributed by atoms with Crippen molar-refractivity contribution in [3.05, 3.63) is 0 Å². The van der Waals surface area contributed by atoms with Crippen LogP contribution in [0.25, 0.3) is 0 Å². The first kappa shape index (κ1) is 17.9. The van der Waals surface area contributed by atoms with Crippen molar-refractivity contribution < 1.29 is 19.1 Å². The predicted molar refractivity (Wildman–Crippen MR) is 79.9 cm³/mol. The lowest BCUT2D eigenvalue weighted by atomic mass is 10.0. The Labute approximate surface area is 127 Å². The van der Waals surface area contributed by atoms with Crippen LogP contribution in [0.1, 0.15) is 39.5 Å². The smallest absolute Gasteiger partial charge is 0.245 e. The third-order valence-electron chi connectivity index (χ3n) is 3.69. The van der Waals surface area contributed by atoms with Crippen molar-refractivity contribution in [3.63, 3.8) is 0 Å². The van der Waals surface area contributed by atoms with E-state index in [4.69, 9.17) is 9.47 Å². The first-order chi connectivity index (χ1) is 10.1. The topological polar surface area (TPSA) is 67.9 Å². The van der Waals surface area contributed by atoms with E-state index in [1.165, 1.54) is 0 Å². The lowest BCUT2D eigenvalue weighted by molar-refractivity contribution is -0.148. The average Bonchev–Trinajstić information content (AvgIpc) is 2.47. The van der Waals surface area contributed by atoms with Crippen LogP contribution in [-0.2, 0) is 19.1 Å². The summed E-state index contributed by atoms with van der Waals surface area (Å²) in [6.45, 7) is 6.26. The standard InChI is InChI=1S/C15H28N2O4/c1-4-7-13-15(19)17(12(2)14(18)16-13)8-5-6-9-21-11-10-20-3/h12-13H,4-11H2,1-3H3,(H,16,18). The number of rotatable bonds is 10. The molecule has 1 fully saturated rings. The molecule has 21 heavy (non-hydrogen) atoms. The summed E-state index contributed by atoms with van der Waals surface area (Å²) < 4.78 is 10.3. The molecule has 0 aromatic rings. The van der Waals surface area contributed by atoms with Crippen molar-refractivity contribution in [2.75, 3.05) is 33.5 Å². The fourth-order valence-electron chi connectivity index (χ4n) is 2.41. The first-order valence-electron chi connectivity index (χ1n) is 7.79. The number of amides is 2. The molecule has 0 spiro atoms. The minimum absolute atomic E-state index is 0.0456. The summed E-state index contributed by atoms with van der Waals surface area (Å²) >= 11 is 0. The van der Waals surface area contributed by atoms with E-state index >= 15 is 0 Å².